The largest absolute Gasteiger partial charge is 0.504 e. The van der Waals surface area contributed by atoms with Gasteiger partial charge in [-0.05, 0) is 31.0 Å². The lowest BCUT2D eigenvalue weighted by Crippen LogP contribution is -2.11. The lowest BCUT2D eigenvalue weighted by molar-refractivity contribution is 0.347. The van der Waals surface area contributed by atoms with E-state index in [1.807, 2.05) is 6.92 Å². The van der Waals surface area contributed by atoms with Crippen LogP contribution in [0.2, 0.25) is 0 Å². The SMILES string of the molecule is COc1c(F)cc(C)c(C(C)CN)c1O. The summed E-state index contributed by atoms with van der Waals surface area (Å²) in [6.07, 6.45) is 0. The number of halogens is 1. The number of benzene rings is 1. The van der Waals surface area contributed by atoms with E-state index in [2.05, 4.69) is 0 Å². The standard InChI is InChI=1S/C11H16FNO2/c1-6-4-8(12)11(15-3)10(14)9(6)7(2)5-13/h4,7,14H,5,13H2,1-3H3. The van der Waals surface area contributed by atoms with Gasteiger partial charge in [-0.15, -0.1) is 0 Å². The summed E-state index contributed by atoms with van der Waals surface area (Å²) in [5, 5.41) is 9.83. The zero-order valence-electron chi connectivity index (χ0n) is 9.17. The molecule has 0 fully saturated rings. The van der Waals surface area contributed by atoms with E-state index in [9.17, 15) is 9.50 Å². The molecule has 3 N–H and O–H groups in total. The zero-order chi connectivity index (χ0) is 11.6. The highest BCUT2D eigenvalue weighted by molar-refractivity contribution is 5.52. The van der Waals surface area contributed by atoms with Crippen LogP contribution in [0, 0.1) is 12.7 Å². The Bertz CT molecular complexity index is 366. The van der Waals surface area contributed by atoms with Crippen LogP contribution in [0.5, 0.6) is 11.5 Å². The number of methoxy groups -OCH3 is 1. The fourth-order valence-electron chi connectivity index (χ4n) is 1.69. The molecule has 0 radical (unpaired) electrons. The quantitative estimate of drug-likeness (QED) is 0.806. The molecule has 0 heterocycles. The van der Waals surface area contributed by atoms with E-state index in [0.717, 1.165) is 0 Å². The number of aromatic hydroxyl groups is 1. The van der Waals surface area contributed by atoms with Crippen molar-refractivity contribution < 1.29 is 14.2 Å². The molecule has 1 rings (SSSR count). The Morgan fingerprint density at radius 3 is 2.67 bits per heavy atom. The first-order valence-electron chi connectivity index (χ1n) is 4.78. The van der Waals surface area contributed by atoms with Crippen LogP contribution in [0.1, 0.15) is 24.0 Å². The first-order valence-corrected chi connectivity index (χ1v) is 4.78. The van der Waals surface area contributed by atoms with Crippen molar-refractivity contribution in [2.45, 2.75) is 19.8 Å². The molecule has 0 saturated heterocycles. The molecule has 1 aromatic rings. The van der Waals surface area contributed by atoms with Gasteiger partial charge in [0.25, 0.3) is 0 Å². The molecule has 0 aliphatic rings. The molecular formula is C11H16FNO2. The Labute approximate surface area is 88.7 Å². The highest BCUT2D eigenvalue weighted by Gasteiger charge is 2.19. The van der Waals surface area contributed by atoms with Crippen LogP contribution in [-0.4, -0.2) is 18.8 Å². The molecule has 0 spiro atoms. The highest BCUT2D eigenvalue weighted by atomic mass is 19.1. The van der Waals surface area contributed by atoms with Gasteiger partial charge in [0.1, 0.15) is 0 Å². The van der Waals surface area contributed by atoms with E-state index >= 15 is 0 Å². The first kappa shape index (κ1) is 11.8. The Hall–Kier alpha value is -1.29. The minimum atomic E-state index is -0.555. The van der Waals surface area contributed by atoms with Crippen molar-refractivity contribution in [1.29, 1.82) is 0 Å². The lowest BCUT2D eigenvalue weighted by atomic mass is 9.95. The Morgan fingerprint density at radius 2 is 2.20 bits per heavy atom. The maximum atomic E-state index is 13.3. The van der Waals surface area contributed by atoms with Gasteiger partial charge in [-0.2, -0.15) is 0 Å². The second-order valence-electron chi connectivity index (χ2n) is 3.61. The van der Waals surface area contributed by atoms with Crippen molar-refractivity contribution in [1.82, 2.24) is 0 Å². The summed E-state index contributed by atoms with van der Waals surface area (Å²) in [6.45, 7) is 4.01. The molecule has 15 heavy (non-hydrogen) atoms. The van der Waals surface area contributed by atoms with Gasteiger partial charge in [0.2, 0.25) is 0 Å². The van der Waals surface area contributed by atoms with E-state index in [1.165, 1.54) is 13.2 Å². The first-order chi connectivity index (χ1) is 7.02. The third-order valence-corrected chi connectivity index (χ3v) is 2.51. The summed E-state index contributed by atoms with van der Waals surface area (Å²) in [7, 11) is 1.32. The Kier molecular flexibility index (Phi) is 3.52. The summed E-state index contributed by atoms with van der Waals surface area (Å²) in [5.74, 6) is -0.844. The van der Waals surface area contributed by atoms with Crippen molar-refractivity contribution in [3.8, 4) is 11.5 Å². The number of phenols is 1. The number of nitrogens with two attached hydrogens (primary N) is 1. The fourth-order valence-corrected chi connectivity index (χ4v) is 1.69. The van der Waals surface area contributed by atoms with E-state index in [0.29, 0.717) is 17.7 Å². The molecule has 0 bridgehead atoms. The maximum absolute atomic E-state index is 13.3. The van der Waals surface area contributed by atoms with Gasteiger partial charge in [0.05, 0.1) is 7.11 Å². The van der Waals surface area contributed by atoms with Crippen molar-refractivity contribution >= 4 is 0 Å². The van der Waals surface area contributed by atoms with Crippen molar-refractivity contribution in [2.24, 2.45) is 5.73 Å². The topological polar surface area (TPSA) is 55.5 Å². The van der Waals surface area contributed by atoms with Gasteiger partial charge >= 0.3 is 0 Å². The second kappa shape index (κ2) is 4.49. The molecule has 4 heteroatoms. The average Bonchev–Trinajstić information content (AvgIpc) is 2.17. The maximum Gasteiger partial charge on any atom is 0.196 e. The van der Waals surface area contributed by atoms with Crippen LogP contribution in [0.4, 0.5) is 4.39 Å². The summed E-state index contributed by atoms with van der Waals surface area (Å²) >= 11 is 0. The number of ether oxygens (including phenoxy) is 1. The van der Waals surface area contributed by atoms with Crippen LogP contribution in [0.25, 0.3) is 0 Å². The average molecular weight is 213 g/mol. The number of phenolic OH excluding ortho intramolecular Hbond substituents is 1. The minimum Gasteiger partial charge on any atom is -0.504 e. The summed E-state index contributed by atoms with van der Waals surface area (Å²) in [6, 6.07) is 1.35. The molecule has 1 aromatic carbocycles. The van der Waals surface area contributed by atoms with Gasteiger partial charge in [0, 0.05) is 5.56 Å². The van der Waals surface area contributed by atoms with Gasteiger partial charge < -0.3 is 15.6 Å². The smallest absolute Gasteiger partial charge is 0.196 e. The Balaban J connectivity index is 3.38. The van der Waals surface area contributed by atoms with Crippen LogP contribution in [0.3, 0.4) is 0 Å². The van der Waals surface area contributed by atoms with Crippen LogP contribution in [-0.2, 0) is 0 Å². The van der Waals surface area contributed by atoms with E-state index in [1.54, 1.807) is 6.92 Å². The van der Waals surface area contributed by atoms with E-state index in [-0.39, 0.29) is 17.4 Å². The monoisotopic (exact) mass is 213 g/mol. The van der Waals surface area contributed by atoms with E-state index < -0.39 is 5.82 Å². The minimum absolute atomic E-state index is 0.0282. The number of aryl methyl sites for hydroxylation is 1. The summed E-state index contributed by atoms with van der Waals surface area (Å²) < 4.78 is 18.1. The molecular weight excluding hydrogens is 197 g/mol. The van der Waals surface area contributed by atoms with Crippen LogP contribution < -0.4 is 10.5 Å². The third-order valence-electron chi connectivity index (χ3n) is 2.51. The fraction of sp³-hybridized carbons (Fsp3) is 0.455. The lowest BCUT2D eigenvalue weighted by Gasteiger charge is -2.17. The number of hydrogen-bond acceptors (Lipinski definition) is 3. The molecule has 0 aliphatic heterocycles. The Morgan fingerprint density at radius 1 is 1.60 bits per heavy atom. The zero-order valence-corrected chi connectivity index (χ0v) is 9.17. The normalized spacial score (nSPS) is 12.6. The molecule has 1 unspecified atom stereocenters. The van der Waals surface area contributed by atoms with Crippen LogP contribution >= 0.6 is 0 Å². The van der Waals surface area contributed by atoms with E-state index in [4.69, 9.17) is 10.5 Å². The van der Waals surface area contributed by atoms with Gasteiger partial charge in [-0.3, -0.25) is 0 Å². The van der Waals surface area contributed by atoms with Gasteiger partial charge in [-0.25, -0.2) is 4.39 Å². The summed E-state index contributed by atoms with van der Waals surface area (Å²) in [5.41, 5.74) is 6.86. The molecule has 0 saturated carbocycles. The number of rotatable bonds is 3. The van der Waals surface area contributed by atoms with Gasteiger partial charge in [0.15, 0.2) is 17.3 Å². The van der Waals surface area contributed by atoms with Crippen molar-refractivity contribution in [3.05, 3.63) is 23.0 Å². The van der Waals surface area contributed by atoms with Crippen molar-refractivity contribution in [2.75, 3.05) is 13.7 Å². The highest BCUT2D eigenvalue weighted by Crippen LogP contribution is 2.38. The third kappa shape index (κ3) is 2.04. The molecule has 84 valence electrons. The second-order valence-corrected chi connectivity index (χ2v) is 3.61. The van der Waals surface area contributed by atoms with Gasteiger partial charge in [-0.1, -0.05) is 6.92 Å². The molecule has 1 atom stereocenters. The van der Waals surface area contributed by atoms with Crippen molar-refractivity contribution in [3.63, 3.8) is 0 Å². The molecule has 0 aliphatic carbocycles. The van der Waals surface area contributed by atoms with Crippen LogP contribution in [0.15, 0.2) is 6.07 Å². The summed E-state index contributed by atoms with van der Waals surface area (Å²) in [4.78, 5) is 0. The molecule has 0 amide bonds. The molecule has 0 aromatic heterocycles. The molecule has 3 nitrogen and oxygen atoms in total. The number of hydrogen-bond donors (Lipinski definition) is 2. The predicted octanol–water partition coefficient (Wildman–Crippen LogP) is 1.91. The predicted molar refractivity (Wildman–Crippen MR) is 56.8 cm³/mol.